The van der Waals surface area contributed by atoms with E-state index in [9.17, 15) is 4.79 Å². The molecule has 2 aromatic rings. The van der Waals surface area contributed by atoms with E-state index in [1.807, 2.05) is 41.3 Å². The molecule has 27 heavy (non-hydrogen) atoms. The van der Waals surface area contributed by atoms with Crippen LogP contribution in [-0.2, 0) is 6.54 Å². The minimum Gasteiger partial charge on any atom is -0.459 e. The summed E-state index contributed by atoms with van der Waals surface area (Å²) in [6.07, 6.45) is 2.79. The molecule has 1 amide bonds. The molecule has 0 spiro atoms. The predicted molar refractivity (Wildman–Crippen MR) is 108 cm³/mol. The number of likely N-dealkylation sites (tertiary alicyclic amines) is 1. The molecule has 5 nitrogen and oxygen atoms in total. The smallest absolute Gasteiger partial charge is 0.257 e. The van der Waals surface area contributed by atoms with Gasteiger partial charge in [0.05, 0.1) is 12.1 Å². The summed E-state index contributed by atoms with van der Waals surface area (Å²) in [5.74, 6) is 1.57. The highest BCUT2D eigenvalue weighted by molar-refractivity contribution is 5.99. The van der Waals surface area contributed by atoms with Gasteiger partial charge in [0.2, 0.25) is 0 Å². The van der Waals surface area contributed by atoms with E-state index in [1.165, 1.54) is 0 Å². The van der Waals surface area contributed by atoms with Gasteiger partial charge in [-0.3, -0.25) is 9.69 Å². The summed E-state index contributed by atoms with van der Waals surface area (Å²) in [6.45, 7) is 8.36. The molecule has 0 radical (unpaired) electrons. The van der Waals surface area contributed by atoms with Crippen LogP contribution in [0.3, 0.4) is 0 Å². The van der Waals surface area contributed by atoms with Gasteiger partial charge in [-0.1, -0.05) is 44.2 Å². The molecule has 2 heterocycles. The Balaban J connectivity index is 1.91. The lowest BCUT2D eigenvalue weighted by Gasteiger charge is -2.20. The summed E-state index contributed by atoms with van der Waals surface area (Å²) in [4.78, 5) is 17.5. The Morgan fingerprint density at radius 3 is 2.63 bits per heavy atom. The SMILES string of the molecule is CCN(CC)Cc1cc(C(=O)N2CCC[C@@H](N)CC2)c(-c2ccccc2)o1. The third kappa shape index (κ3) is 4.79. The quantitative estimate of drug-likeness (QED) is 0.842. The van der Waals surface area contributed by atoms with Gasteiger partial charge >= 0.3 is 0 Å². The van der Waals surface area contributed by atoms with Gasteiger partial charge < -0.3 is 15.1 Å². The molecule has 0 bridgehead atoms. The van der Waals surface area contributed by atoms with Gasteiger partial charge in [-0.15, -0.1) is 0 Å². The third-order valence-corrected chi connectivity index (χ3v) is 5.38. The van der Waals surface area contributed by atoms with Gasteiger partial charge in [0.15, 0.2) is 0 Å². The van der Waals surface area contributed by atoms with Gasteiger partial charge in [0.1, 0.15) is 11.5 Å². The molecule has 0 unspecified atom stereocenters. The number of hydrogen-bond donors (Lipinski definition) is 1. The molecule has 1 aromatic heterocycles. The van der Waals surface area contributed by atoms with Gasteiger partial charge in [-0.05, 0) is 38.4 Å². The van der Waals surface area contributed by atoms with Gasteiger partial charge in [0, 0.05) is 24.7 Å². The van der Waals surface area contributed by atoms with E-state index in [0.717, 1.165) is 50.2 Å². The molecule has 0 saturated carbocycles. The van der Waals surface area contributed by atoms with Crippen molar-refractivity contribution in [1.82, 2.24) is 9.80 Å². The van der Waals surface area contributed by atoms with Crippen LogP contribution in [0.4, 0.5) is 0 Å². The number of furan rings is 1. The predicted octanol–water partition coefficient (Wildman–Crippen LogP) is 3.74. The van der Waals surface area contributed by atoms with Crippen LogP contribution in [0.15, 0.2) is 40.8 Å². The zero-order valence-electron chi connectivity index (χ0n) is 16.5. The van der Waals surface area contributed by atoms with Crippen LogP contribution >= 0.6 is 0 Å². The van der Waals surface area contributed by atoms with E-state index in [1.54, 1.807) is 0 Å². The number of nitrogens with zero attached hydrogens (tertiary/aromatic N) is 2. The number of amides is 1. The van der Waals surface area contributed by atoms with E-state index in [2.05, 4.69) is 18.7 Å². The zero-order valence-corrected chi connectivity index (χ0v) is 16.5. The standard InChI is InChI=1S/C22H31N3O2/c1-3-24(4-2)16-19-15-20(21(27-19)17-9-6-5-7-10-17)22(26)25-13-8-11-18(23)12-14-25/h5-7,9-10,15,18H,3-4,8,11-14,16,23H2,1-2H3/t18-/m1/s1. The molecule has 1 saturated heterocycles. The highest BCUT2D eigenvalue weighted by Gasteiger charge is 2.26. The van der Waals surface area contributed by atoms with Crippen LogP contribution in [0.5, 0.6) is 0 Å². The van der Waals surface area contributed by atoms with Crippen molar-refractivity contribution in [2.45, 2.75) is 45.7 Å². The van der Waals surface area contributed by atoms with Crippen LogP contribution in [0.2, 0.25) is 0 Å². The molecule has 1 aliphatic heterocycles. The first-order valence-corrected chi connectivity index (χ1v) is 10.1. The molecular weight excluding hydrogens is 338 g/mol. The molecule has 146 valence electrons. The number of carbonyl (C=O) groups excluding carboxylic acids is 1. The Kier molecular flexibility index (Phi) is 6.69. The summed E-state index contributed by atoms with van der Waals surface area (Å²) in [5, 5.41) is 0. The Hall–Kier alpha value is -2.11. The van der Waals surface area contributed by atoms with Crippen molar-refractivity contribution in [3.63, 3.8) is 0 Å². The average Bonchev–Trinajstić information content (AvgIpc) is 3.00. The summed E-state index contributed by atoms with van der Waals surface area (Å²) >= 11 is 0. The lowest BCUT2D eigenvalue weighted by atomic mass is 10.1. The Bertz CT molecular complexity index is 737. The normalized spacial score (nSPS) is 17.9. The van der Waals surface area contributed by atoms with Crippen LogP contribution in [-0.4, -0.2) is 47.9 Å². The van der Waals surface area contributed by atoms with Gasteiger partial charge in [-0.2, -0.15) is 0 Å². The number of benzene rings is 1. The van der Waals surface area contributed by atoms with Crippen molar-refractivity contribution in [1.29, 1.82) is 0 Å². The van der Waals surface area contributed by atoms with Gasteiger partial charge in [0.25, 0.3) is 5.91 Å². The molecule has 1 aromatic carbocycles. The van der Waals surface area contributed by atoms with Crippen LogP contribution < -0.4 is 5.73 Å². The van der Waals surface area contributed by atoms with Crippen LogP contribution in [0, 0.1) is 0 Å². The fraction of sp³-hybridized carbons (Fsp3) is 0.500. The van der Waals surface area contributed by atoms with E-state index >= 15 is 0 Å². The van der Waals surface area contributed by atoms with Crippen molar-refractivity contribution < 1.29 is 9.21 Å². The maximum atomic E-state index is 13.3. The second-order valence-electron chi connectivity index (χ2n) is 7.27. The Morgan fingerprint density at radius 2 is 1.93 bits per heavy atom. The summed E-state index contributed by atoms with van der Waals surface area (Å²) in [7, 11) is 0. The summed E-state index contributed by atoms with van der Waals surface area (Å²) < 4.78 is 6.19. The van der Waals surface area contributed by atoms with E-state index in [0.29, 0.717) is 24.4 Å². The second kappa shape index (κ2) is 9.20. The van der Waals surface area contributed by atoms with Crippen molar-refractivity contribution >= 4 is 5.91 Å². The Labute approximate surface area is 162 Å². The Morgan fingerprint density at radius 1 is 1.19 bits per heavy atom. The van der Waals surface area contributed by atoms with Crippen LogP contribution in [0.1, 0.15) is 49.2 Å². The van der Waals surface area contributed by atoms with E-state index in [-0.39, 0.29) is 11.9 Å². The summed E-state index contributed by atoms with van der Waals surface area (Å²) in [5.41, 5.74) is 7.69. The van der Waals surface area contributed by atoms with E-state index in [4.69, 9.17) is 10.2 Å². The minimum absolute atomic E-state index is 0.0532. The molecule has 1 fully saturated rings. The van der Waals surface area contributed by atoms with E-state index < -0.39 is 0 Å². The first kappa shape index (κ1) is 19.6. The van der Waals surface area contributed by atoms with Crippen LogP contribution in [0.25, 0.3) is 11.3 Å². The third-order valence-electron chi connectivity index (χ3n) is 5.38. The number of hydrogen-bond acceptors (Lipinski definition) is 4. The van der Waals surface area contributed by atoms with Gasteiger partial charge in [-0.25, -0.2) is 0 Å². The van der Waals surface area contributed by atoms with Crippen molar-refractivity contribution in [2.75, 3.05) is 26.2 Å². The first-order chi connectivity index (χ1) is 13.1. The largest absolute Gasteiger partial charge is 0.459 e. The maximum Gasteiger partial charge on any atom is 0.257 e. The highest BCUT2D eigenvalue weighted by atomic mass is 16.3. The molecule has 1 atom stereocenters. The highest BCUT2D eigenvalue weighted by Crippen LogP contribution is 2.29. The van der Waals surface area contributed by atoms with Crippen molar-refractivity contribution in [3.8, 4) is 11.3 Å². The molecule has 2 N–H and O–H groups in total. The van der Waals surface area contributed by atoms with Crippen molar-refractivity contribution in [2.24, 2.45) is 5.73 Å². The second-order valence-corrected chi connectivity index (χ2v) is 7.27. The molecule has 1 aliphatic rings. The van der Waals surface area contributed by atoms with Crippen molar-refractivity contribution in [3.05, 3.63) is 47.7 Å². The fourth-order valence-corrected chi connectivity index (χ4v) is 3.65. The minimum atomic E-state index is 0.0532. The number of nitrogens with two attached hydrogens (primary N) is 1. The lowest BCUT2D eigenvalue weighted by molar-refractivity contribution is 0.0761. The molecular formula is C22H31N3O2. The summed E-state index contributed by atoms with van der Waals surface area (Å²) in [6, 6.07) is 12.0. The first-order valence-electron chi connectivity index (χ1n) is 10.1. The number of rotatable bonds is 6. The molecule has 3 rings (SSSR count). The number of carbonyl (C=O) groups is 1. The topological polar surface area (TPSA) is 62.7 Å². The molecule has 5 heteroatoms. The zero-order chi connectivity index (χ0) is 19.2. The lowest BCUT2D eigenvalue weighted by Crippen LogP contribution is -2.32. The maximum absolute atomic E-state index is 13.3. The molecule has 0 aliphatic carbocycles. The monoisotopic (exact) mass is 369 g/mol. The average molecular weight is 370 g/mol. The fourth-order valence-electron chi connectivity index (χ4n) is 3.65.